The van der Waals surface area contributed by atoms with E-state index in [1.54, 1.807) is 6.21 Å². The van der Waals surface area contributed by atoms with Crippen molar-refractivity contribution in [3.8, 4) is 0 Å². The summed E-state index contributed by atoms with van der Waals surface area (Å²) in [7, 11) is 0. The van der Waals surface area contributed by atoms with Crippen LogP contribution in [0.4, 0.5) is 0 Å². The number of hydrogen-bond donors (Lipinski definition) is 2. The molecule has 1 saturated carbocycles. The molecule has 2 N–H and O–H groups in total. The molecular formula is C13H23N3O3. The second-order valence-electron chi connectivity index (χ2n) is 5.64. The second-order valence-corrected chi connectivity index (χ2v) is 5.64. The van der Waals surface area contributed by atoms with Crippen LogP contribution in [0.25, 0.3) is 0 Å². The zero-order chi connectivity index (χ0) is 13.7. The Balaban J connectivity index is 1.80. The van der Waals surface area contributed by atoms with Crippen LogP contribution in [0.15, 0.2) is 4.99 Å². The quantitative estimate of drug-likeness (QED) is 0.453. The number of hydrogen-bond acceptors (Lipinski definition) is 5. The lowest BCUT2D eigenvalue weighted by Gasteiger charge is -2.27. The van der Waals surface area contributed by atoms with E-state index in [0.29, 0.717) is 31.8 Å². The van der Waals surface area contributed by atoms with Crippen LogP contribution in [0.3, 0.4) is 0 Å². The molecule has 0 amide bonds. The first kappa shape index (κ1) is 14.4. The maximum absolute atomic E-state index is 10.8. The number of nitrogens with one attached hydrogen (secondary N) is 1. The molecule has 6 nitrogen and oxygen atoms in total. The van der Waals surface area contributed by atoms with E-state index in [1.165, 1.54) is 12.8 Å². The average molecular weight is 269 g/mol. The van der Waals surface area contributed by atoms with Crippen LogP contribution >= 0.6 is 0 Å². The first-order valence-electron chi connectivity index (χ1n) is 7.21. The molecule has 1 aliphatic heterocycles. The molecule has 6 heteroatoms. The Kier molecular flexibility index (Phi) is 5.27. The molecule has 1 saturated heterocycles. The number of nitrogens with zero attached hydrogens (tertiary/aromatic N) is 2. The van der Waals surface area contributed by atoms with Crippen molar-refractivity contribution in [1.29, 1.82) is 0 Å². The Hall–Kier alpha value is -1.01. The molecule has 0 aromatic carbocycles. The fraction of sp³-hybridized carbons (Fsp3) is 0.923. The standard InChI is InChI=1S/C13H23N3O3/c17-13-5-4-12(16(18)19)7-10(13)8-14-9-11-3-1-2-6-15-11/h8,10-13,15,17H,1-7,9H2. The number of aliphatic hydroxyl groups is 1. The van der Waals surface area contributed by atoms with Crippen LogP contribution in [0.1, 0.15) is 38.5 Å². The minimum atomic E-state index is -0.521. The lowest BCUT2D eigenvalue weighted by Crippen LogP contribution is -2.38. The van der Waals surface area contributed by atoms with Gasteiger partial charge in [-0.25, -0.2) is 0 Å². The van der Waals surface area contributed by atoms with Crippen molar-refractivity contribution >= 4 is 6.21 Å². The number of piperidine rings is 1. The predicted molar refractivity (Wildman–Crippen MR) is 73.1 cm³/mol. The van der Waals surface area contributed by atoms with E-state index in [2.05, 4.69) is 10.3 Å². The largest absolute Gasteiger partial charge is 0.392 e. The predicted octanol–water partition coefficient (Wildman–Crippen LogP) is 1.01. The molecular weight excluding hydrogens is 246 g/mol. The molecule has 2 fully saturated rings. The zero-order valence-corrected chi connectivity index (χ0v) is 11.2. The summed E-state index contributed by atoms with van der Waals surface area (Å²) >= 11 is 0. The summed E-state index contributed by atoms with van der Waals surface area (Å²) in [5, 5.41) is 24.1. The molecule has 1 aliphatic carbocycles. The summed E-state index contributed by atoms with van der Waals surface area (Å²) in [6.45, 7) is 1.77. The van der Waals surface area contributed by atoms with Gasteiger partial charge in [-0.2, -0.15) is 0 Å². The minimum absolute atomic E-state index is 0.159. The molecule has 0 bridgehead atoms. The van der Waals surface area contributed by atoms with Crippen molar-refractivity contribution in [3.05, 3.63) is 10.1 Å². The molecule has 1 heterocycles. The summed E-state index contributed by atoms with van der Waals surface area (Å²) in [5.74, 6) is -0.159. The van der Waals surface area contributed by atoms with E-state index in [1.807, 2.05) is 0 Å². The van der Waals surface area contributed by atoms with Crippen molar-refractivity contribution in [2.45, 2.75) is 56.7 Å². The van der Waals surface area contributed by atoms with Gasteiger partial charge in [-0.15, -0.1) is 0 Å². The summed E-state index contributed by atoms with van der Waals surface area (Å²) in [6.07, 6.45) is 6.27. The maximum Gasteiger partial charge on any atom is 0.214 e. The fourth-order valence-electron chi connectivity index (χ4n) is 2.92. The first-order chi connectivity index (χ1) is 9.16. The smallest absolute Gasteiger partial charge is 0.214 e. The molecule has 2 rings (SSSR count). The zero-order valence-electron chi connectivity index (χ0n) is 11.2. The number of aliphatic hydroxyl groups excluding tert-OH is 1. The summed E-state index contributed by atoms with van der Waals surface area (Å²) in [5.41, 5.74) is 0. The lowest BCUT2D eigenvalue weighted by atomic mass is 9.84. The Morgan fingerprint density at radius 2 is 2.21 bits per heavy atom. The first-order valence-corrected chi connectivity index (χ1v) is 7.21. The molecule has 0 aromatic rings. The van der Waals surface area contributed by atoms with Crippen molar-refractivity contribution < 1.29 is 10.0 Å². The van der Waals surface area contributed by atoms with Crippen LogP contribution in [0.5, 0.6) is 0 Å². The minimum Gasteiger partial charge on any atom is -0.392 e. The van der Waals surface area contributed by atoms with E-state index in [9.17, 15) is 15.2 Å². The molecule has 0 aromatic heterocycles. The third-order valence-corrected chi connectivity index (χ3v) is 4.17. The highest BCUT2D eigenvalue weighted by molar-refractivity contribution is 5.61. The highest BCUT2D eigenvalue weighted by atomic mass is 16.6. The van der Waals surface area contributed by atoms with Crippen LogP contribution < -0.4 is 5.32 Å². The van der Waals surface area contributed by atoms with E-state index >= 15 is 0 Å². The Bertz CT molecular complexity index is 329. The van der Waals surface area contributed by atoms with Gasteiger partial charge in [0, 0.05) is 35.9 Å². The SMILES string of the molecule is O=[N+]([O-])C1CCC(O)C(C=NCC2CCCCN2)C1. The van der Waals surface area contributed by atoms with Crippen LogP contribution in [0, 0.1) is 16.0 Å². The lowest BCUT2D eigenvalue weighted by molar-refractivity contribution is -0.528. The highest BCUT2D eigenvalue weighted by Gasteiger charge is 2.34. The van der Waals surface area contributed by atoms with Crippen molar-refractivity contribution in [1.82, 2.24) is 5.32 Å². The molecule has 0 radical (unpaired) electrons. The molecule has 2 aliphatic rings. The van der Waals surface area contributed by atoms with Gasteiger partial charge in [-0.1, -0.05) is 6.42 Å². The van der Waals surface area contributed by atoms with Gasteiger partial charge >= 0.3 is 0 Å². The van der Waals surface area contributed by atoms with Gasteiger partial charge in [0.2, 0.25) is 6.04 Å². The van der Waals surface area contributed by atoms with E-state index in [4.69, 9.17) is 0 Å². The monoisotopic (exact) mass is 269 g/mol. The van der Waals surface area contributed by atoms with E-state index in [-0.39, 0.29) is 10.8 Å². The Labute approximate surface area is 113 Å². The normalized spacial score (nSPS) is 36.5. The van der Waals surface area contributed by atoms with Gasteiger partial charge in [0.1, 0.15) is 0 Å². The summed E-state index contributed by atoms with van der Waals surface area (Å²) in [6, 6.07) is -0.0929. The van der Waals surface area contributed by atoms with Gasteiger partial charge in [0.25, 0.3) is 0 Å². The van der Waals surface area contributed by atoms with Gasteiger partial charge in [-0.3, -0.25) is 15.1 Å². The highest BCUT2D eigenvalue weighted by Crippen LogP contribution is 2.25. The van der Waals surface area contributed by atoms with Gasteiger partial charge in [-0.05, 0) is 25.8 Å². The van der Waals surface area contributed by atoms with Crippen LogP contribution in [-0.2, 0) is 0 Å². The molecule has 0 spiro atoms. The van der Waals surface area contributed by atoms with Crippen LogP contribution in [-0.4, -0.2) is 47.5 Å². The molecule has 4 atom stereocenters. The maximum atomic E-state index is 10.8. The molecule has 4 unspecified atom stereocenters. The third-order valence-electron chi connectivity index (χ3n) is 4.17. The van der Waals surface area contributed by atoms with Crippen molar-refractivity contribution in [2.75, 3.05) is 13.1 Å². The van der Waals surface area contributed by atoms with Gasteiger partial charge in [0.15, 0.2) is 0 Å². The second kappa shape index (κ2) is 6.96. The number of nitro groups is 1. The van der Waals surface area contributed by atoms with Gasteiger partial charge in [0.05, 0.1) is 12.6 Å². The molecule has 108 valence electrons. The Morgan fingerprint density at radius 1 is 1.37 bits per heavy atom. The third kappa shape index (κ3) is 4.24. The van der Waals surface area contributed by atoms with Crippen LogP contribution in [0.2, 0.25) is 0 Å². The average Bonchev–Trinajstić information content (AvgIpc) is 2.42. The van der Waals surface area contributed by atoms with Crippen molar-refractivity contribution in [3.63, 3.8) is 0 Å². The number of rotatable bonds is 4. The summed E-state index contributed by atoms with van der Waals surface area (Å²) in [4.78, 5) is 15.0. The van der Waals surface area contributed by atoms with E-state index < -0.39 is 12.1 Å². The topological polar surface area (TPSA) is 87.8 Å². The molecule has 19 heavy (non-hydrogen) atoms. The number of aliphatic imine (C=N–C) groups is 1. The van der Waals surface area contributed by atoms with E-state index in [0.717, 1.165) is 13.0 Å². The Morgan fingerprint density at radius 3 is 2.89 bits per heavy atom. The van der Waals surface area contributed by atoms with Crippen molar-refractivity contribution in [2.24, 2.45) is 10.9 Å². The summed E-state index contributed by atoms with van der Waals surface area (Å²) < 4.78 is 0. The van der Waals surface area contributed by atoms with Gasteiger partial charge < -0.3 is 10.4 Å². The fourth-order valence-corrected chi connectivity index (χ4v) is 2.92.